The molecule has 0 saturated carbocycles. The van der Waals surface area contributed by atoms with Gasteiger partial charge in [0.25, 0.3) is 0 Å². The number of fused-ring (bicyclic) bond motifs is 1. The Labute approximate surface area is 167 Å². The molecular formula is C19H27BrN2O3S. The molecular weight excluding hydrogens is 416 g/mol. The summed E-state index contributed by atoms with van der Waals surface area (Å²) < 4.78 is 13.7. The molecule has 0 spiro atoms. The van der Waals surface area contributed by atoms with Crippen LogP contribution in [0.5, 0.6) is 0 Å². The maximum Gasteiger partial charge on any atom is 0.311 e. The average molecular weight is 443 g/mol. The molecule has 2 rings (SSSR count). The van der Waals surface area contributed by atoms with Gasteiger partial charge in [0.2, 0.25) is 0 Å². The van der Waals surface area contributed by atoms with E-state index in [2.05, 4.69) is 20.9 Å². The summed E-state index contributed by atoms with van der Waals surface area (Å²) in [5.74, 6) is -0.253. The molecule has 0 amide bonds. The first-order valence-corrected chi connectivity index (χ1v) is 10.1. The van der Waals surface area contributed by atoms with Crippen LogP contribution in [0.15, 0.2) is 10.5 Å². The van der Waals surface area contributed by atoms with E-state index in [-0.39, 0.29) is 12.6 Å². The van der Waals surface area contributed by atoms with E-state index in [0.29, 0.717) is 5.13 Å². The van der Waals surface area contributed by atoms with Crippen molar-refractivity contribution in [3.63, 3.8) is 0 Å². The first-order chi connectivity index (χ1) is 11.8. The molecule has 1 aromatic carbocycles. The van der Waals surface area contributed by atoms with Crippen LogP contribution in [0, 0.1) is 12.3 Å². The predicted octanol–water partition coefficient (Wildman–Crippen LogP) is 5.39. The van der Waals surface area contributed by atoms with E-state index in [9.17, 15) is 4.79 Å². The summed E-state index contributed by atoms with van der Waals surface area (Å²) in [5, 5.41) is 0.518. The van der Waals surface area contributed by atoms with Crippen LogP contribution in [0.3, 0.4) is 0 Å². The number of thiazole rings is 1. The minimum absolute atomic E-state index is 0.145. The zero-order valence-electron chi connectivity index (χ0n) is 16.4. The molecule has 7 heteroatoms. The summed E-state index contributed by atoms with van der Waals surface area (Å²) >= 11 is 5.12. The van der Waals surface area contributed by atoms with Crippen LogP contribution in [-0.2, 0) is 14.3 Å². The van der Waals surface area contributed by atoms with Crippen LogP contribution < -0.4 is 5.73 Å². The summed E-state index contributed by atoms with van der Waals surface area (Å²) in [5.41, 5.74) is 7.73. The molecule has 1 unspecified atom stereocenters. The van der Waals surface area contributed by atoms with Crippen molar-refractivity contribution < 1.29 is 14.3 Å². The molecule has 26 heavy (non-hydrogen) atoms. The number of aryl methyl sites for hydroxylation is 1. The number of hydrogen-bond donors (Lipinski definition) is 1. The molecule has 144 valence electrons. The average Bonchev–Trinajstić information content (AvgIpc) is 2.82. The lowest BCUT2D eigenvalue weighted by Gasteiger charge is -2.30. The molecule has 1 aromatic heterocycles. The normalized spacial score (nSPS) is 13.8. The van der Waals surface area contributed by atoms with Crippen molar-refractivity contribution in [2.45, 2.75) is 60.2 Å². The van der Waals surface area contributed by atoms with Crippen molar-refractivity contribution in [3.05, 3.63) is 21.7 Å². The standard InChI is InChI=1S/C19H27BrN2O3S/c1-10-8-11-15(26-17(21)22-11)14(20)13(10)12(25-19(5,6)7)9-24-16(23)18(2,3)4/h8,12H,9H2,1-7H3,(H2,21,22). The van der Waals surface area contributed by atoms with Crippen molar-refractivity contribution in [2.75, 3.05) is 12.3 Å². The van der Waals surface area contributed by atoms with Gasteiger partial charge < -0.3 is 15.2 Å². The molecule has 0 fully saturated rings. The highest BCUT2D eigenvalue weighted by Crippen LogP contribution is 2.40. The number of carbonyl (C=O) groups excluding carboxylic acids is 1. The number of nitrogens with two attached hydrogens (primary N) is 1. The van der Waals surface area contributed by atoms with Crippen molar-refractivity contribution in [3.8, 4) is 0 Å². The molecule has 0 aliphatic heterocycles. The van der Waals surface area contributed by atoms with Crippen LogP contribution >= 0.6 is 27.3 Å². The Morgan fingerprint density at radius 3 is 2.46 bits per heavy atom. The third-order valence-corrected chi connectivity index (χ3v) is 5.68. The molecule has 0 aliphatic rings. The van der Waals surface area contributed by atoms with E-state index in [0.717, 1.165) is 25.8 Å². The van der Waals surface area contributed by atoms with Gasteiger partial charge in [-0.15, -0.1) is 0 Å². The number of benzene rings is 1. The van der Waals surface area contributed by atoms with Crippen LogP contribution in [0.1, 0.15) is 58.8 Å². The van der Waals surface area contributed by atoms with Crippen LogP contribution in [0.4, 0.5) is 5.13 Å². The highest BCUT2D eigenvalue weighted by Gasteiger charge is 2.29. The highest BCUT2D eigenvalue weighted by molar-refractivity contribution is 9.10. The molecule has 0 saturated heterocycles. The molecule has 5 nitrogen and oxygen atoms in total. The van der Waals surface area contributed by atoms with Gasteiger partial charge in [-0.1, -0.05) is 11.3 Å². The summed E-state index contributed by atoms with van der Waals surface area (Å²) in [6.07, 6.45) is -0.400. The molecule has 1 heterocycles. The van der Waals surface area contributed by atoms with Gasteiger partial charge in [0.15, 0.2) is 5.13 Å². The Kier molecular flexibility index (Phi) is 6.05. The minimum atomic E-state index is -0.561. The third kappa shape index (κ3) is 4.96. The van der Waals surface area contributed by atoms with Crippen molar-refractivity contribution >= 4 is 48.6 Å². The van der Waals surface area contributed by atoms with Gasteiger partial charge in [-0.3, -0.25) is 4.79 Å². The first kappa shape index (κ1) is 21.1. The topological polar surface area (TPSA) is 74.4 Å². The van der Waals surface area contributed by atoms with Gasteiger partial charge in [-0.25, -0.2) is 4.98 Å². The molecule has 2 aromatic rings. The molecule has 0 aliphatic carbocycles. The van der Waals surface area contributed by atoms with E-state index in [1.54, 1.807) is 0 Å². The second kappa shape index (κ2) is 7.44. The first-order valence-electron chi connectivity index (χ1n) is 8.49. The number of nitrogen functional groups attached to an aromatic ring is 1. The summed E-state index contributed by atoms with van der Waals surface area (Å²) in [6, 6.07) is 1.99. The van der Waals surface area contributed by atoms with Gasteiger partial charge in [0.1, 0.15) is 12.7 Å². The largest absolute Gasteiger partial charge is 0.462 e. The van der Waals surface area contributed by atoms with E-state index < -0.39 is 17.1 Å². The summed E-state index contributed by atoms with van der Waals surface area (Å²) in [7, 11) is 0. The van der Waals surface area contributed by atoms with Gasteiger partial charge in [0, 0.05) is 10.0 Å². The Morgan fingerprint density at radius 2 is 1.92 bits per heavy atom. The number of aromatic nitrogens is 1. The fraction of sp³-hybridized carbons (Fsp3) is 0.579. The number of hydrogen-bond acceptors (Lipinski definition) is 6. The number of anilines is 1. The second-order valence-electron chi connectivity index (χ2n) is 8.39. The van der Waals surface area contributed by atoms with Crippen LogP contribution in [-0.4, -0.2) is 23.2 Å². The Morgan fingerprint density at radius 1 is 1.31 bits per heavy atom. The van der Waals surface area contributed by atoms with Gasteiger partial charge in [-0.2, -0.15) is 0 Å². The van der Waals surface area contributed by atoms with Crippen LogP contribution in [0.2, 0.25) is 0 Å². The second-order valence-corrected chi connectivity index (χ2v) is 10.2. The van der Waals surface area contributed by atoms with Crippen molar-refractivity contribution in [1.82, 2.24) is 4.98 Å². The Bertz CT molecular complexity index is 819. The minimum Gasteiger partial charge on any atom is -0.462 e. The van der Waals surface area contributed by atoms with E-state index in [4.69, 9.17) is 15.2 Å². The number of carbonyl (C=O) groups is 1. The van der Waals surface area contributed by atoms with Crippen molar-refractivity contribution in [2.24, 2.45) is 5.41 Å². The van der Waals surface area contributed by atoms with Gasteiger partial charge in [0.05, 0.1) is 21.2 Å². The van der Waals surface area contributed by atoms with Crippen LogP contribution in [0.25, 0.3) is 10.2 Å². The zero-order valence-corrected chi connectivity index (χ0v) is 18.8. The number of rotatable bonds is 4. The Hall–Kier alpha value is -1.18. The van der Waals surface area contributed by atoms with Gasteiger partial charge >= 0.3 is 5.97 Å². The van der Waals surface area contributed by atoms with Crippen molar-refractivity contribution in [1.29, 1.82) is 0 Å². The predicted molar refractivity (Wildman–Crippen MR) is 110 cm³/mol. The highest BCUT2D eigenvalue weighted by atomic mass is 79.9. The Balaban J connectivity index is 2.44. The van der Waals surface area contributed by atoms with Gasteiger partial charge in [-0.05, 0) is 76.0 Å². The number of esters is 1. The fourth-order valence-electron chi connectivity index (χ4n) is 2.55. The molecule has 1 atom stereocenters. The zero-order chi connectivity index (χ0) is 19.9. The monoisotopic (exact) mass is 442 g/mol. The van der Waals surface area contributed by atoms with E-state index in [1.165, 1.54) is 11.3 Å². The lowest BCUT2D eigenvalue weighted by Crippen LogP contribution is -2.29. The van der Waals surface area contributed by atoms with E-state index in [1.807, 2.05) is 54.5 Å². The lowest BCUT2D eigenvalue weighted by molar-refractivity contribution is -0.162. The number of nitrogens with zero attached hydrogens (tertiary/aromatic N) is 1. The maximum atomic E-state index is 12.2. The SMILES string of the molecule is Cc1cc2nc(N)sc2c(Br)c1C(COC(=O)C(C)(C)C)OC(C)(C)C. The maximum absolute atomic E-state index is 12.2. The number of halogens is 1. The van der Waals surface area contributed by atoms with E-state index >= 15 is 0 Å². The smallest absolute Gasteiger partial charge is 0.311 e. The molecule has 0 radical (unpaired) electrons. The molecule has 2 N–H and O–H groups in total. The lowest BCUT2D eigenvalue weighted by atomic mass is 9.97. The molecule has 0 bridgehead atoms. The third-order valence-electron chi connectivity index (χ3n) is 3.68. The quantitative estimate of drug-likeness (QED) is 0.641. The number of ether oxygens (including phenoxy) is 2. The summed E-state index contributed by atoms with van der Waals surface area (Å²) in [4.78, 5) is 16.6. The fourth-order valence-corrected chi connectivity index (χ4v) is 4.32. The summed E-state index contributed by atoms with van der Waals surface area (Å²) in [6.45, 7) is 13.6.